The summed E-state index contributed by atoms with van der Waals surface area (Å²) in [5, 5.41) is 13.5. The summed E-state index contributed by atoms with van der Waals surface area (Å²) in [4.78, 5) is 54.6. The van der Waals surface area contributed by atoms with Crippen molar-refractivity contribution in [3.05, 3.63) is 151 Å². The van der Waals surface area contributed by atoms with Gasteiger partial charge in [-0.25, -0.2) is 13.6 Å². The lowest BCUT2D eigenvalue weighted by Gasteiger charge is -2.26. The van der Waals surface area contributed by atoms with Gasteiger partial charge in [0.1, 0.15) is 39.2 Å². The van der Waals surface area contributed by atoms with Crippen molar-refractivity contribution in [2.24, 2.45) is 7.05 Å². The normalized spacial score (nSPS) is 14.2. The predicted octanol–water partition coefficient (Wildman–Crippen LogP) is 7.45. The molecule has 0 radical (unpaired) electrons. The van der Waals surface area contributed by atoms with E-state index in [1.54, 1.807) is 49.2 Å². The summed E-state index contributed by atoms with van der Waals surface area (Å²) in [6.07, 6.45) is 1.35. The largest absolute Gasteiger partial charge is 0.495 e. The van der Waals surface area contributed by atoms with E-state index in [0.717, 1.165) is 40.2 Å². The number of rotatable bonds is 8. The van der Waals surface area contributed by atoms with Gasteiger partial charge in [0.05, 0.1) is 30.8 Å². The molecule has 1 unspecified atom stereocenters. The Morgan fingerprint density at radius 1 is 0.891 bits per heavy atom. The van der Waals surface area contributed by atoms with E-state index in [9.17, 15) is 33.1 Å². The van der Waals surface area contributed by atoms with Crippen LogP contribution >= 0.6 is 15.9 Å². The van der Waals surface area contributed by atoms with E-state index < -0.39 is 41.0 Å². The fourth-order valence-electron chi connectivity index (χ4n) is 6.76. The monoisotopic (exact) mass is 809 g/mol. The van der Waals surface area contributed by atoms with Gasteiger partial charge in [0.25, 0.3) is 11.5 Å². The molecule has 0 saturated carbocycles. The van der Waals surface area contributed by atoms with Crippen molar-refractivity contribution in [3.63, 3.8) is 0 Å². The molecule has 7 rings (SSSR count). The summed E-state index contributed by atoms with van der Waals surface area (Å²) in [5.74, 6) is -4.33. The number of ketones is 1. The summed E-state index contributed by atoms with van der Waals surface area (Å²) < 4.78 is 41.3. The molecule has 2 heterocycles. The van der Waals surface area contributed by atoms with E-state index in [0.29, 0.717) is 43.6 Å². The molecule has 2 N–H and O–H groups in total. The number of methoxy groups -OCH3 is 2. The number of pyridine rings is 2. The quantitative estimate of drug-likeness (QED) is 0.162. The number of aliphatic carboxylic acids is 1. The van der Waals surface area contributed by atoms with Gasteiger partial charge in [-0.1, -0.05) is 67.6 Å². The Kier molecular flexibility index (Phi) is 11.2. The number of hydrogen-bond acceptors (Lipinski definition) is 7. The molecule has 10 nitrogen and oxygen atoms in total. The number of amides is 1. The first-order chi connectivity index (χ1) is 26.4. The highest BCUT2D eigenvalue weighted by Crippen LogP contribution is 2.42. The SMILES string of the molecule is COC1=C(c2ccc(C[C@H](NC(=O)c3c(F)cccc3F)C(=O)O)c3cccnc23)C(=O)C(C)c2ccccc21.COc1c(Br)c(=O)n(C)c2ccccc12. The zero-order valence-corrected chi connectivity index (χ0v) is 31.6. The molecule has 1 aliphatic carbocycles. The van der Waals surface area contributed by atoms with Gasteiger partial charge in [-0.15, -0.1) is 0 Å². The highest BCUT2D eigenvalue weighted by Gasteiger charge is 2.34. The molecule has 0 saturated heterocycles. The summed E-state index contributed by atoms with van der Waals surface area (Å²) in [5.41, 5.74) is 3.40. The number of para-hydroxylation sites is 1. The molecule has 2 atom stereocenters. The lowest BCUT2D eigenvalue weighted by atomic mass is 9.79. The maximum absolute atomic E-state index is 14.1. The number of halogens is 3. The van der Waals surface area contributed by atoms with E-state index in [4.69, 9.17) is 9.47 Å². The number of aromatic nitrogens is 2. The first kappa shape index (κ1) is 38.5. The summed E-state index contributed by atoms with van der Waals surface area (Å²) in [7, 11) is 4.80. The zero-order valence-electron chi connectivity index (χ0n) is 30.0. The molecule has 2 aromatic heterocycles. The molecule has 13 heteroatoms. The standard InChI is InChI=1S/C31H24F2N2O5.C11H10BrNO2/c1-16-18-7-3-4-8-20(18)29(40-2)25(28(16)36)21-13-12-17(19-9-6-14-34-27(19)21)15-24(31(38)39)35-30(37)26-22(32)10-5-11-23(26)33;1-13-8-6-4-3-5-7(8)10(15-2)9(12)11(13)14/h3-14,16,24H,15H2,1-2H3,(H,35,37)(H,38,39);3-6H,1-2H3/t16?,24-;/m0./s1. The number of fused-ring (bicyclic) bond motifs is 3. The van der Waals surface area contributed by atoms with Crippen LogP contribution in [-0.4, -0.2) is 52.6 Å². The molecule has 6 aromatic rings. The third-order valence-electron chi connectivity index (χ3n) is 9.50. The van der Waals surface area contributed by atoms with Gasteiger partial charge in [-0.2, -0.15) is 0 Å². The molecule has 1 aliphatic rings. The van der Waals surface area contributed by atoms with Crippen molar-refractivity contribution in [2.75, 3.05) is 14.2 Å². The summed E-state index contributed by atoms with van der Waals surface area (Å²) in [6.45, 7) is 1.83. The Labute approximate surface area is 322 Å². The second kappa shape index (κ2) is 16.0. The molecule has 0 spiro atoms. The van der Waals surface area contributed by atoms with Crippen molar-refractivity contribution in [1.82, 2.24) is 14.9 Å². The van der Waals surface area contributed by atoms with E-state index in [1.807, 2.05) is 55.5 Å². The molecular formula is C42H34BrF2N3O7. The van der Waals surface area contributed by atoms with Crippen LogP contribution in [-0.2, 0) is 27.8 Å². The van der Waals surface area contributed by atoms with Crippen LogP contribution in [0.5, 0.6) is 5.75 Å². The van der Waals surface area contributed by atoms with Gasteiger partial charge in [0.15, 0.2) is 5.78 Å². The number of allylic oxidation sites excluding steroid dienone is 1. The van der Waals surface area contributed by atoms with E-state index in [-0.39, 0.29) is 17.8 Å². The molecule has 55 heavy (non-hydrogen) atoms. The number of nitrogens with zero attached hydrogens (tertiary/aromatic N) is 2. The fraction of sp³-hybridized carbons (Fsp3) is 0.167. The molecule has 0 bridgehead atoms. The lowest BCUT2D eigenvalue weighted by Crippen LogP contribution is -2.43. The smallest absolute Gasteiger partial charge is 0.326 e. The van der Waals surface area contributed by atoms with Crippen molar-refractivity contribution >= 4 is 66.7 Å². The third-order valence-corrected chi connectivity index (χ3v) is 10.2. The number of carboxylic acids is 1. The second-order valence-electron chi connectivity index (χ2n) is 12.6. The van der Waals surface area contributed by atoms with Crippen LogP contribution in [0.1, 0.15) is 45.5 Å². The zero-order chi connectivity index (χ0) is 39.6. The predicted molar refractivity (Wildman–Crippen MR) is 208 cm³/mol. The van der Waals surface area contributed by atoms with Crippen molar-refractivity contribution in [3.8, 4) is 5.75 Å². The highest BCUT2D eigenvalue weighted by molar-refractivity contribution is 9.10. The number of ether oxygens (including phenoxy) is 2. The van der Waals surface area contributed by atoms with Crippen LogP contribution in [0.15, 0.2) is 106 Å². The molecule has 0 fully saturated rings. The Morgan fingerprint density at radius 2 is 1.56 bits per heavy atom. The molecule has 4 aromatic carbocycles. The van der Waals surface area contributed by atoms with Crippen LogP contribution in [0, 0.1) is 11.6 Å². The molecule has 0 aliphatic heterocycles. The highest BCUT2D eigenvalue weighted by atomic mass is 79.9. The maximum Gasteiger partial charge on any atom is 0.326 e. The summed E-state index contributed by atoms with van der Waals surface area (Å²) >= 11 is 3.25. The van der Waals surface area contributed by atoms with Crippen molar-refractivity contribution in [1.29, 1.82) is 0 Å². The molecule has 1 amide bonds. The van der Waals surface area contributed by atoms with Gasteiger partial charge in [0.2, 0.25) is 0 Å². The Bertz CT molecular complexity index is 2590. The third kappa shape index (κ3) is 7.22. The fourth-order valence-corrected chi connectivity index (χ4v) is 7.40. The van der Waals surface area contributed by atoms with Crippen LogP contribution < -0.4 is 15.6 Å². The number of carbonyl (C=O) groups excluding carboxylic acids is 2. The average molecular weight is 811 g/mol. The lowest BCUT2D eigenvalue weighted by molar-refractivity contribution is -0.139. The number of carbonyl (C=O) groups is 3. The van der Waals surface area contributed by atoms with Gasteiger partial charge < -0.3 is 24.5 Å². The number of benzene rings is 4. The van der Waals surface area contributed by atoms with Crippen molar-refractivity contribution < 1.29 is 37.7 Å². The van der Waals surface area contributed by atoms with Crippen molar-refractivity contribution in [2.45, 2.75) is 25.3 Å². The van der Waals surface area contributed by atoms with Crippen LogP contribution in [0.4, 0.5) is 8.78 Å². The first-order valence-electron chi connectivity index (χ1n) is 17.0. The Morgan fingerprint density at radius 3 is 2.25 bits per heavy atom. The van der Waals surface area contributed by atoms with Crippen LogP contribution in [0.3, 0.4) is 0 Å². The average Bonchev–Trinajstić information content (AvgIpc) is 3.18. The van der Waals surface area contributed by atoms with Crippen LogP contribution in [0.25, 0.3) is 33.1 Å². The number of nitrogens with one attached hydrogen (secondary N) is 1. The minimum Gasteiger partial charge on any atom is -0.495 e. The summed E-state index contributed by atoms with van der Waals surface area (Å²) in [6, 6.07) is 23.3. The number of aryl methyl sites for hydroxylation is 1. The van der Waals surface area contributed by atoms with E-state index >= 15 is 0 Å². The van der Waals surface area contributed by atoms with Gasteiger partial charge in [0, 0.05) is 47.5 Å². The maximum atomic E-state index is 14.1. The first-order valence-corrected chi connectivity index (χ1v) is 17.8. The minimum absolute atomic E-state index is 0.0921. The number of Topliss-reactive ketones (excluding diaryl/α,β-unsaturated/α-hetero) is 1. The molecular weight excluding hydrogens is 776 g/mol. The van der Waals surface area contributed by atoms with E-state index in [2.05, 4.69) is 26.2 Å². The Balaban J connectivity index is 0.000000286. The van der Waals surface area contributed by atoms with Gasteiger partial charge in [-0.05, 0) is 57.4 Å². The number of hydrogen-bond donors (Lipinski definition) is 2. The Hall–Kier alpha value is -6.21. The number of carboxylic acid groups (broad SMARTS) is 1. The minimum atomic E-state index is -1.50. The topological polar surface area (TPSA) is 137 Å². The second-order valence-corrected chi connectivity index (χ2v) is 13.4. The molecule has 280 valence electrons. The van der Waals surface area contributed by atoms with Gasteiger partial charge in [-0.3, -0.25) is 19.4 Å². The van der Waals surface area contributed by atoms with Crippen LogP contribution in [0.2, 0.25) is 0 Å². The van der Waals surface area contributed by atoms with Gasteiger partial charge >= 0.3 is 5.97 Å². The van der Waals surface area contributed by atoms with E-state index in [1.165, 1.54) is 7.11 Å².